The van der Waals surface area contributed by atoms with Crippen LogP contribution >= 0.6 is 0 Å². The van der Waals surface area contributed by atoms with Gasteiger partial charge in [0.1, 0.15) is 5.82 Å². The number of fused-ring (bicyclic) bond motifs is 1. The van der Waals surface area contributed by atoms with Gasteiger partial charge in [0.2, 0.25) is 0 Å². The van der Waals surface area contributed by atoms with Gasteiger partial charge >= 0.3 is 0 Å². The van der Waals surface area contributed by atoms with Gasteiger partial charge in [-0.05, 0) is 72.7 Å². The van der Waals surface area contributed by atoms with Crippen LogP contribution in [0.1, 0.15) is 28.7 Å². The molecule has 0 radical (unpaired) electrons. The third kappa shape index (κ3) is 2.62. The predicted molar refractivity (Wildman–Crippen MR) is 76.9 cm³/mol. The number of halogens is 1. The molecule has 3 rings (SSSR count). The van der Waals surface area contributed by atoms with Crippen LogP contribution in [0.3, 0.4) is 0 Å². The van der Waals surface area contributed by atoms with Crippen molar-refractivity contribution in [1.82, 2.24) is 0 Å². The van der Waals surface area contributed by atoms with Crippen molar-refractivity contribution >= 4 is 5.69 Å². The summed E-state index contributed by atoms with van der Waals surface area (Å²) >= 11 is 0. The second kappa shape index (κ2) is 5.04. The summed E-state index contributed by atoms with van der Waals surface area (Å²) in [6.07, 6.45) is 3.68. The average Bonchev–Trinajstić information content (AvgIpc) is 2.85. The van der Waals surface area contributed by atoms with Crippen LogP contribution in [0.2, 0.25) is 0 Å². The van der Waals surface area contributed by atoms with E-state index < -0.39 is 0 Å². The van der Waals surface area contributed by atoms with Gasteiger partial charge in [0.25, 0.3) is 0 Å². The van der Waals surface area contributed by atoms with Gasteiger partial charge < -0.3 is 5.32 Å². The average molecular weight is 255 g/mol. The quantitative estimate of drug-likeness (QED) is 0.865. The minimum atomic E-state index is -0.168. The highest BCUT2D eigenvalue weighted by Gasteiger charge is 2.10. The van der Waals surface area contributed by atoms with Crippen molar-refractivity contribution in [2.24, 2.45) is 0 Å². The van der Waals surface area contributed by atoms with Crippen molar-refractivity contribution in [2.45, 2.75) is 32.7 Å². The largest absolute Gasteiger partial charge is 0.381 e. The number of aryl methyl sites for hydroxylation is 3. The summed E-state index contributed by atoms with van der Waals surface area (Å²) in [5.74, 6) is -0.168. The molecule has 2 heteroatoms. The highest BCUT2D eigenvalue weighted by molar-refractivity contribution is 5.50. The molecule has 2 aromatic carbocycles. The van der Waals surface area contributed by atoms with Crippen LogP contribution in [0.15, 0.2) is 36.4 Å². The molecule has 0 atom stereocenters. The summed E-state index contributed by atoms with van der Waals surface area (Å²) in [7, 11) is 0. The van der Waals surface area contributed by atoms with Crippen molar-refractivity contribution in [1.29, 1.82) is 0 Å². The van der Waals surface area contributed by atoms with Crippen LogP contribution < -0.4 is 5.32 Å². The number of benzene rings is 2. The Bertz CT molecular complexity index is 604. The van der Waals surface area contributed by atoms with E-state index >= 15 is 0 Å². The third-order valence-corrected chi connectivity index (χ3v) is 3.89. The molecule has 0 unspecified atom stereocenters. The smallest absolute Gasteiger partial charge is 0.123 e. The number of rotatable bonds is 3. The van der Waals surface area contributed by atoms with E-state index in [0.29, 0.717) is 0 Å². The predicted octanol–water partition coefficient (Wildman–Crippen LogP) is 4.23. The molecule has 1 nitrogen and oxygen atoms in total. The van der Waals surface area contributed by atoms with Gasteiger partial charge in [-0.2, -0.15) is 0 Å². The molecule has 0 amide bonds. The maximum Gasteiger partial charge on any atom is 0.123 e. The number of hydrogen-bond donors (Lipinski definition) is 1. The van der Waals surface area contributed by atoms with Crippen LogP contribution in [0.4, 0.5) is 10.1 Å². The fourth-order valence-corrected chi connectivity index (χ4v) is 2.74. The van der Waals surface area contributed by atoms with Gasteiger partial charge in [0.15, 0.2) is 0 Å². The third-order valence-electron chi connectivity index (χ3n) is 3.89. The van der Waals surface area contributed by atoms with Crippen LogP contribution in [0, 0.1) is 12.7 Å². The van der Waals surface area contributed by atoms with E-state index in [2.05, 4.69) is 23.5 Å². The number of anilines is 1. The Morgan fingerprint density at radius 3 is 2.74 bits per heavy atom. The van der Waals surface area contributed by atoms with Crippen molar-refractivity contribution in [3.63, 3.8) is 0 Å². The number of hydrogen-bond acceptors (Lipinski definition) is 1. The van der Waals surface area contributed by atoms with Gasteiger partial charge in [0, 0.05) is 12.2 Å². The van der Waals surface area contributed by atoms with Gasteiger partial charge in [0.05, 0.1) is 0 Å². The van der Waals surface area contributed by atoms with Gasteiger partial charge in [-0.1, -0.05) is 12.1 Å². The highest BCUT2D eigenvalue weighted by atomic mass is 19.1. The lowest BCUT2D eigenvalue weighted by atomic mass is 10.1. The zero-order chi connectivity index (χ0) is 13.2. The van der Waals surface area contributed by atoms with E-state index in [0.717, 1.165) is 23.4 Å². The van der Waals surface area contributed by atoms with Crippen molar-refractivity contribution in [3.8, 4) is 0 Å². The summed E-state index contributed by atoms with van der Waals surface area (Å²) in [5, 5.41) is 3.43. The Kier molecular flexibility index (Phi) is 3.24. The summed E-state index contributed by atoms with van der Waals surface area (Å²) in [5.41, 5.74) is 6.25. The zero-order valence-electron chi connectivity index (χ0n) is 11.2. The Hall–Kier alpha value is -1.83. The van der Waals surface area contributed by atoms with Crippen LogP contribution in [0.5, 0.6) is 0 Å². The Balaban J connectivity index is 1.72. The molecule has 1 aliphatic carbocycles. The molecule has 0 spiro atoms. The Labute approximate surface area is 113 Å². The second-order valence-electron chi connectivity index (χ2n) is 5.26. The van der Waals surface area contributed by atoms with E-state index in [-0.39, 0.29) is 5.82 Å². The molecule has 0 aromatic heterocycles. The van der Waals surface area contributed by atoms with E-state index in [1.54, 1.807) is 6.07 Å². The van der Waals surface area contributed by atoms with E-state index in [1.807, 2.05) is 13.0 Å². The first-order valence-electron chi connectivity index (χ1n) is 6.83. The molecule has 98 valence electrons. The molecule has 0 bridgehead atoms. The first kappa shape index (κ1) is 12.2. The fraction of sp³-hybridized carbons (Fsp3) is 0.294. The monoisotopic (exact) mass is 255 g/mol. The minimum absolute atomic E-state index is 0.168. The summed E-state index contributed by atoms with van der Waals surface area (Å²) in [6.45, 7) is 2.69. The maximum absolute atomic E-state index is 13.0. The van der Waals surface area contributed by atoms with E-state index in [4.69, 9.17) is 0 Å². The lowest BCUT2D eigenvalue weighted by Crippen LogP contribution is -2.02. The molecule has 0 heterocycles. The molecule has 2 aromatic rings. The molecule has 0 saturated heterocycles. The SMILES string of the molecule is Cc1cc(F)ccc1CNc1ccc2c(c1)CCC2. The Morgan fingerprint density at radius 1 is 1.05 bits per heavy atom. The van der Waals surface area contributed by atoms with Crippen molar-refractivity contribution in [2.75, 3.05) is 5.32 Å². The maximum atomic E-state index is 13.0. The molecule has 0 aliphatic heterocycles. The summed E-state index contributed by atoms with van der Waals surface area (Å²) in [6, 6.07) is 11.6. The normalized spacial score (nSPS) is 13.4. The zero-order valence-corrected chi connectivity index (χ0v) is 11.2. The van der Waals surface area contributed by atoms with Crippen molar-refractivity contribution in [3.05, 3.63) is 64.5 Å². The molecular formula is C17H18FN. The molecule has 1 N–H and O–H groups in total. The van der Waals surface area contributed by atoms with Gasteiger partial charge in [-0.3, -0.25) is 0 Å². The lowest BCUT2D eigenvalue weighted by Gasteiger charge is -2.10. The fourth-order valence-electron chi connectivity index (χ4n) is 2.74. The second-order valence-corrected chi connectivity index (χ2v) is 5.26. The van der Waals surface area contributed by atoms with Gasteiger partial charge in [-0.15, -0.1) is 0 Å². The van der Waals surface area contributed by atoms with E-state index in [9.17, 15) is 4.39 Å². The van der Waals surface area contributed by atoms with Crippen LogP contribution in [0.25, 0.3) is 0 Å². The molecular weight excluding hydrogens is 237 g/mol. The van der Waals surface area contributed by atoms with Crippen LogP contribution in [-0.2, 0) is 19.4 Å². The Morgan fingerprint density at radius 2 is 1.89 bits per heavy atom. The number of nitrogens with one attached hydrogen (secondary N) is 1. The van der Waals surface area contributed by atoms with Crippen LogP contribution in [-0.4, -0.2) is 0 Å². The highest BCUT2D eigenvalue weighted by Crippen LogP contribution is 2.25. The molecule has 1 aliphatic rings. The van der Waals surface area contributed by atoms with Crippen molar-refractivity contribution < 1.29 is 4.39 Å². The first-order valence-corrected chi connectivity index (χ1v) is 6.83. The molecule has 0 saturated carbocycles. The standard InChI is InChI=1S/C17H18FN/c1-12-9-16(18)7-5-15(12)11-19-17-8-6-13-3-2-4-14(13)10-17/h5-10,19H,2-4,11H2,1H3. The molecule has 0 fully saturated rings. The van der Waals surface area contributed by atoms with E-state index in [1.165, 1.54) is 36.5 Å². The van der Waals surface area contributed by atoms with Gasteiger partial charge in [-0.25, -0.2) is 4.39 Å². The molecule has 19 heavy (non-hydrogen) atoms. The lowest BCUT2D eigenvalue weighted by molar-refractivity contribution is 0.625. The minimum Gasteiger partial charge on any atom is -0.381 e. The first-order chi connectivity index (χ1) is 9.22. The summed E-state index contributed by atoms with van der Waals surface area (Å²) in [4.78, 5) is 0. The summed E-state index contributed by atoms with van der Waals surface area (Å²) < 4.78 is 13.0. The topological polar surface area (TPSA) is 12.0 Å².